The Morgan fingerprint density at radius 2 is 0.750 bits per heavy atom. The van der Waals surface area contributed by atoms with E-state index in [0.717, 1.165) is 70.6 Å². The van der Waals surface area contributed by atoms with Crippen molar-refractivity contribution in [1.29, 1.82) is 0 Å². The molecule has 1 amide bonds. The van der Waals surface area contributed by atoms with Crippen LogP contribution in [0, 0.1) is 0 Å². The Hall–Kier alpha value is -1.66. The molecule has 3 N–H and O–H groups in total. The molecule has 0 bridgehead atoms. The summed E-state index contributed by atoms with van der Waals surface area (Å²) in [6.45, 7) is 4.83. The molecule has 2 atom stereocenters. The van der Waals surface area contributed by atoms with Gasteiger partial charge in [0, 0.05) is 12.8 Å². The highest BCUT2D eigenvalue weighted by atomic mass is 16.5. The number of carbonyl (C=O) groups is 2. The lowest BCUT2D eigenvalue weighted by Crippen LogP contribution is -2.45. The molecule has 0 fully saturated rings. The maximum absolute atomic E-state index is 12.4. The van der Waals surface area contributed by atoms with Gasteiger partial charge in [0.15, 0.2) is 0 Å². The fourth-order valence-electron chi connectivity index (χ4n) is 8.81. The van der Waals surface area contributed by atoms with E-state index in [9.17, 15) is 19.8 Å². The minimum atomic E-state index is -0.875. The van der Waals surface area contributed by atoms with Gasteiger partial charge in [-0.15, -0.1) is 0 Å². The highest BCUT2D eigenvalue weighted by molar-refractivity contribution is 5.76. The first-order valence-electron chi connectivity index (χ1n) is 28.6. The van der Waals surface area contributed by atoms with E-state index in [4.69, 9.17) is 4.74 Å². The number of carbonyl (C=O) groups excluding carboxylic acids is 2. The van der Waals surface area contributed by atoms with E-state index in [1.807, 2.05) is 6.08 Å². The lowest BCUT2D eigenvalue weighted by molar-refractivity contribution is -0.143. The van der Waals surface area contributed by atoms with Crippen molar-refractivity contribution in [3.63, 3.8) is 0 Å². The highest BCUT2D eigenvalue weighted by Gasteiger charge is 2.18. The summed E-state index contributed by atoms with van der Waals surface area (Å²) in [5.41, 5.74) is 0. The molecule has 0 saturated carbocycles. The van der Waals surface area contributed by atoms with Crippen LogP contribution >= 0.6 is 0 Å². The van der Waals surface area contributed by atoms with Crippen molar-refractivity contribution < 1.29 is 24.5 Å². The van der Waals surface area contributed by atoms with Crippen molar-refractivity contribution in [2.75, 3.05) is 13.2 Å². The minimum absolute atomic E-state index is 0.0340. The van der Waals surface area contributed by atoms with E-state index in [1.165, 1.54) is 212 Å². The smallest absolute Gasteiger partial charge is 0.305 e. The number of unbranched alkanes of at least 4 members (excludes halogenated alkanes) is 40. The molecule has 64 heavy (non-hydrogen) atoms. The first-order valence-corrected chi connectivity index (χ1v) is 28.6. The van der Waals surface area contributed by atoms with E-state index in [0.29, 0.717) is 19.4 Å². The normalized spacial score (nSPS) is 12.8. The maximum Gasteiger partial charge on any atom is 0.305 e. The van der Waals surface area contributed by atoms with Crippen molar-refractivity contribution in [2.45, 2.75) is 321 Å². The Kier molecular flexibility index (Phi) is 52.6. The lowest BCUT2D eigenvalue weighted by atomic mass is 10.0. The van der Waals surface area contributed by atoms with E-state index in [2.05, 4.69) is 31.3 Å². The van der Waals surface area contributed by atoms with Crippen molar-refractivity contribution in [3.05, 3.63) is 24.3 Å². The van der Waals surface area contributed by atoms with E-state index in [-0.39, 0.29) is 18.5 Å². The third kappa shape index (κ3) is 49.8. The molecule has 0 aliphatic heterocycles. The topological polar surface area (TPSA) is 95.9 Å². The Bertz CT molecular complexity index is 997. The zero-order chi connectivity index (χ0) is 46.5. The SMILES string of the molecule is CCCCCCCCCCCCCCCCCCCCCC/C=C/C(O)C(CO)NC(=O)CCC/C=C\CCCCCCOC(=O)CCCCCCCCCCCCCCCCCC. The minimum Gasteiger partial charge on any atom is -0.466 e. The largest absolute Gasteiger partial charge is 0.466 e. The lowest BCUT2D eigenvalue weighted by Gasteiger charge is -2.19. The summed E-state index contributed by atoms with van der Waals surface area (Å²) in [5.74, 6) is -0.159. The molecule has 0 rings (SSSR count). The molecule has 0 radical (unpaired) electrons. The summed E-state index contributed by atoms with van der Waals surface area (Å²) in [6.07, 6.45) is 64.9. The van der Waals surface area contributed by atoms with Crippen LogP contribution in [0.25, 0.3) is 0 Å². The van der Waals surface area contributed by atoms with Gasteiger partial charge in [-0.25, -0.2) is 0 Å². The number of hydrogen-bond acceptors (Lipinski definition) is 5. The van der Waals surface area contributed by atoms with E-state index in [1.54, 1.807) is 6.08 Å². The third-order valence-corrected chi connectivity index (χ3v) is 13.2. The molecule has 378 valence electrons. The van der Waals surface area contributed by atoms with Crippen molar-refractivity contribution in [2.24, 2.45) is 0 Å². The van der Waals surface area contributed by atoms with Crippen molar-refractivity contribution >= 4 is 11.9 Å². The van der Waals surface area contributed by atoms with Crippen LogP contribution in [0.15, 0.2) is 24.3 Å². The number of esters is 1. The number of allylic oxidation sites excluding steroid dienone is 3. The van der Waals surface area contributed by atoms with Crippen LogP contribution in [0.1, 0.15) is 309 Å². The summed E-state index contributed by atoms with van der Waals surface area (Å²) in [6, 6.07) is -0.665. The number of amides is 1. The fourth-order valence-corrected chi connectivity index (χ4v) is 8.81. The Morgan fingerprint density at radius 3 is 1.14 bits per heavy atom. The summed E-state index contributed by atoms with van der Waals surface area (Å²) in [7, 11) is 0. The van der Waals surface area contributed by atoms with E-state index < -0.39 is 12.1 Å². The molecular weight excluding hydrogens is 791 g/mol. The predicted molar refractivity (Wildman–Crippen MR) is 278 cm³/mol. The third-order valence-electron chi connectivity index (χ3n) is 13.2. The first kappa shape index (κ1) is 62.3. The number of nitrogens with one attached hydrogen (secondary N) is 1. The summed E-state index contributed by atoms with van der Waals surface area (Å²) >= 11 is 0. The number of rotatable bonds is 53. The standard InChI is InChI=1S/C58H111NO5/c1-3-5-7-9-11-13-15-17-19-21-22-23-24-25-26-27-29-31-34-38-42-46-50-56(61)55(54-60)59-57(62)51-47-43-39-35-33-37-41-45-49-53-64-58(63)52-48-44-40-36-32-30-28-20-18-16-14-12-10-8-6-4-2/h35,39,46,50,55-56,60-61H,3-34,36-38,40-45,47-49,51-54H2,1-2H3,(H,59,62)/b39-35-,50-46+. The molecule has 6 heteroatoms. The second-order valence-electron chi connectivity index (χ2n) is 19.6. The van der Waals surface area contributed by atoms with Crippen LogP contribution in [0.2, 0.25) is 0 Å². The second kappa shape index (κ2) is 54.0. The molecule has 0 spiro atoms. The van der Waals surface area contributed by atoms with Gasteiger partial charge in [0.25, 0.3) is 0 Å². The number of hydrogen-bond donors (Lipinski definition) is 3. The van der Waals surface area contributed by atoms with Gasteiger partial charge in [0.2, 0.25) is 5.91 Å². The van der Waals surface area contributed by atoms with Crippen LogP contribution in [-0.4, -0.2) is 47.4 Å². The fraction of sp³-hybridized carbons (Fsp3) is 0.897. The summed E-state index contributed by atoms with van der Waals surface area (Å²) in [4.78, 5) is 24.5. The highest BCUT2D eigenvalue weighted by Crippen LogP contribution is 2.17. The maximum atomic E-state index is 12.4. The molecule has 0 aliphatic rings. The van der Waals surface area contributed by atoms with Crippen LogP contribution in [-0.2, 0) is 14.3 Å². The van der Waals surface area contributed by atoms with Crippen LogP contribution in [0.5, 0.6) is 0 Å². The molecule has 0 heterocycles. The van der Waals surface area contributed by atoms with Gasteiger partial charge in [0.1, 0.15) is 0 Å². The second-order valence-corrected chi connectivity index (χ2v) is 19.6. The zero-order valence-corrected chi connectivity index (χ0v) is 43.0. The zero-order valence-electron chi connectivity index (χ0n) is 43.0. The van der Waals surface area contributed by atoms with Crippen LogP contribution < -0.4 is 5.32 Å². The molecule has 0 aromatic heterocycles. The molecular formula is C58H111NO5. The monoisotopic (exact) mass is 902 g/mol. The van der Waals surface area contributed by atoms with Crippen LogP contribution in [0.4, 0.5) is 0 Å². The van der Waals surface area contributed by atoms with E-state index >= 15 is 0 Å². The summed E-state index contributed by atoms with van der Waals surface area (Å²) in [5, 5.41) is 23.1. The van der Waals surface area contributed by atoms with Gasteiger partial charge in [0.05, 0.1) is 25.4 Å². The average Bonchev–Trinajstić information content (AvgIpc) is 3.29. The molecule has 0 aromatic carbocycles. The van der Waals surface area contributed by atoms with Crippen molar-refractivity contribution in [3.8, 4) is 0 Å². The molecule has 6 nitrogen and oxygen atoms in total. The summed E-state index contributed by atoms with van der Waals surface area (Å²) < 4.78 is 5.45. The Labute approximate surface area is 399 Å². The Balaban J connectivity index is 3.54. The van der Waals surface area contributed by atoms with Crippen LogP contribution in [0.3, 0.4) is 0 Å². The van der Waals surface area contributed by atoms with Crippen molar-refractivity contribution in [1.82, 2.24) is 5.32 Å². The number of ether oxygens (including phenoxy) is 1. The average molecular weight is 903 g/mol. The molecule has 0 saturated heterocycles. The molecule has 0 aliphatic carbocycles. The molecule has 2 unspecified atom stereocenters. The molecule has 0 aromatic rings. The van der Waals surface area contributed by atoms with Gasteiger partial charge < -0.3 is 20.3 Å². The predicted octanol–water partition coefficient (Wildman–Crippen LogP) is 17.5. The first-order chi connectivity index (χ1) is 31.5. The number of aliphatic hydroxyl groups excluding tert-OH is 2. The van der Waals surface area contributed by atoms with Gasteiger partial charge in [-0.1, -0.05) is 269 Å². The number of aliphatic hydroxyl groups is 2. The quantitative estimate of drug-likeness (QED) is 0.0321. The van der Waals surface area contributed by atoms with Gasteiger partial charge in [-0.2, -0.15) is 0 Å². The Morgan fingerprint density at radius 1 is 0.422 bits per heavy atom. The van der Waals surface area contributed by atoms with Gasteiger partial charge in [-0.3, -0.25) is 9.59 Å². The van der Waals surface area contributed by atoms with Gasteiger partial charge >= 0.3 is 5.97 Å². The van der Waals surface area contributed by atoms with Gasteiger partial charge in [-0.05, 0) is 51.4 Å².